The second-order valence-corrected chi connectivity index (χ2v) is 8.85. The zero-order valence-corrected chi connectivity index (χ0v) is 21.9. The van der Waals surface area contributed by atoms with Crippen LogP contribution in [0.5, 0.6) is 11.5 Å². The number of ether oxygens (including phenoxy) is 2. The predicted octanol–water partition coefficient (Wildman–Crippen LogP) is 4.25. The van der Waals surface area contributed by atoms with Crippen LogP contribution in [0, 0.1) is 17.0 Å². The maximum atomic E-state index is 13.1. The topological polar surface area (TPSA) is 157 Å². The van der Waals surface area contributed by atoms with E-state index in [1.54, 1.807) is 18.2 Å². The summed E-state index contributed by atoms with van der Waals surface area (Å²) in [5.41, 5.74) is 1.19. The van der Waals surface area contributed by atoms with Crippen molar-refractivity contribution in [3.8, 4) is 11.5 Å². The number of carbonyl (C=O) groups is 4. The molecule has 4 rings (SSSR count). The lowest BCUT2D eigenvalue weighted by molar-refractivity contribution is -0.384. The first-order valence-electron chi connectivity index (χ1n) is 11.6. The molecule has 12 nitrogen and oxygen atoms in total. The van der Waals surface area contributed by atoms with Crippen molar-refractivity contribution in [2.24, 2.45) is 0 Å². The molecule has 0 unspecified atom stereocenters. The molecule has 1 heterocycles. The summed E-state index contributed by atoms with van der Waals surface area (Å²) in [4.78, 5) is 61.3. The van der Waals surface area contributed by atoms with Crippen LogP contribution in [-0.2, 0) is 14.4 Å². The molecule has 0 aromatic heterocycles. The van der Waals surface area contributed by atoms with E-state index in [0.29, 0.717) is 21.2 Å². The van der Waals surface area contributed by atoms with Crippen LogP contribution in [-0.4, -0.2) is 42.4 Å². The molecule has 0 aliphatic carbocycles. The van der Waals surface area contributed by atoms with Crippen LogP contribution in [0.4, 0.5) is 21.9 Å². The van der Waals surface area contributed by atoms with Crippen molar-refractivity contribution in [2.45, 2.75) is 6.92 Å². The molecular weight excluding hydrogens is 544 g/mol. The number of urea groups is 1. The Morgan fingerprint density at radius 1 is 1.07 bits per heavy atom. The fourth-order valence-corrected chi connectivity index (χ4v) is 3.87. The van der Waals surface area contributed by atoms with Crippen molar-refractivity contribution >= 4 is 58.5 Å². The molecule has 0 spiro atoms. The van der Waals surface area contributed by atoms with Crippen LogP contribution < -0.4 is 25.0 Å². The summed E-state index contributed by atoms with van der Waals surface area (Å²) >= 11 is 6.08. The van der Waals surface area contributed by atoms with Gasteiger partial charge in [0.25, 0.3) is 23.4 Å². The van der Waals surface area contributed by atoms with E-state index in [-0.39, 0.29) is 35.1 Å². The molecule has 3 aromatic rings. The number of halogens is 1. The molecule has 3 aromatic carbocycles. The monoisotopic (exact) mass is 564 g/mol. The zero-order valence-electron chi connectivity index (χ0n) is 21.1. The maximum Gasteiger partial charge on any atom is 0.335 e. The number of amides is 5. The number of hydrogen-bond donors (Lipinski definition) is 2. The van der Waals surface area contributed by atoms with Crippen molar-refractivity contribution in [2.75, 3.05) is 23.9 Å². The van der Waals surface area contributed by atoms with Gasteiger partial charge in [0.15, 0.2) is 18.1 Å². The van der Waals surface area contributed by atoms with E-state index in [1.807, 2.05) is 6.92 Å². The van der Waals surface area contributed by atoms with Gasteiger partial charge in [0.05, 0.1) is 17.7 Å². The third kappa shape index (κ3) is 6.08. The van der Waals surface area contributed by atoms with E-state index in [4.69, 9.17) is 21.1 Å². The molecule has 13 heteroatoms. The van der Waals surface area contributed by atoms with E-state index in [9.17, 15) is 29.3 Å². The third-order valence-electron chi connectivity index (χ3n) is 5.73. The highest BCUT2D eigenvalue weighted by Crippen LogP contribution is 2.30. The van der Waals surface area contributed by atoms with Crippen molar-refractivity contribution in [3.63, 3.8) is 0 Å². The number of nitro benzene ring substituents is 1. The molecule has 2 N–H and O–H groups in total. The molecule has 0 atom stereocenters. The van der Waals surface area contributed by atoms with Gasteiger partial charge in [-0.15, -0.1) is 0 Å². The van der Waals surface area contributed by atoms with E-state index in [1.165, 1.54) is 43.5 Å². The number of hydrogen-bond acceptors (Lipinski definition) is 8. The molecule has 1 aliphatic rings. The van der Waals surface area contributed by atoms with Gasteiger partial charge in [-0.1, -0.05) is 23.7 Å². The number of carbonyl (C=O) groups excluding carboxylic acids is 4. The highest BCUT2D eigenvalue weighted by molar-refractivity contribution is 6.39. The number of non-ortho nitro benzene ring substituents is 1. The molecule has 0 radical (unpaired) electrons. The molecule has 1 fully saturated rings. The molecule has 40 heavy (non-hydrogen) atoms. The Balaban J connectivity index is 1.50. The first-order valence-corrected chi connectivity index (χ1v) is 12.0. The quantitative estimate of drug-likeness (QED) is 0.178. The number of anilines is 2. The Kier molecular flexibility index (Phi) is 8.10. The van der Waals surface area contributed by atoms with Crippen LogP contribution in [0.2, 0.25) is 5.02 Å². The highest BCUT2D eigenvalue weighted by atomic mass is 35.5. The lowest BCUT2D eigenvalue weighted by atomic mass is 10.1. The molecule has 1 saturated heterocycles. The molecule has 1 aliphatic heterocycles. The fourth-order valence-electron chi connectivity index (χ4n) is 3.69. The van der Waals surface area contributed by atoms with Crippen molar-refractivity contribution in [1.29, 1.82) is 0 Å². The normalized spacial score (nSPS) is 14.1. The summed E-state index contributed by atoms with van der Waals surface area (Å²) in [6, 6.07) is 13.3. The molecule has 5 amide bonds. The smallest absolute Gasteiger partial charge is 0.335 e. The number of nitrogens with one attached hydrogen (secondary N) is 2. The average molecular weight is 565 g/mol. The Labute approximate surface area is 232 Å². The Hall–Kier alpha value is -5.23. The average Bonchev–Trinajstić information content (AvgIpc) is 2.92. The van der Waals surface area contributed by atoms with Crippen molar-refractivity contribution in [1.82, 2.24) is 5.32 Å². The second-order valence-electron chi connectivity index (χ2n) is 8.44. The number of methoxy groups -OCH3 is 1. The highest BCUT2D eigenvalue weighted by Gasteiger charge is 2.37. The number of nitrogens with zero attached hydrogens (tertiary/aromatic N) is 2. The van der Waals surface area contributed by atoms with E-state index < -0.39 is 28.7 Å². The van der Waals surface area contributed by atoms with Gasteiger partial charge in [0.1, 0.15) is 5.57 Å². The molecule has 204 valence electrons. The summed E-state index contributed by atoms with van der Waals surface area (Å²) in [5.74, 6) is -1.83. The largest absolute Gasteiger partial charge is 0.493 e. The third-order valence-corrected chi connectivity index (χ3v) is 6.14. The fraction of sp³-hybridized carbons (Fsp3) is 0.111. The lowest BCUT2D eigenvalue weighted by Gasteiger charge is -2.26. The first kappa shape index (κ1) is 27.8. The van der Waals surface area contributed by atoms with E-state index >= 15 is 0 Å². The SMILES string of the molecule is COc1cc(/C=C2/C(=O)NC(=O)N(c3ccc([N+](=O)[O-])cc3)C2=O)ccc1OCC(=O)Nc1ccc(C)c(Cl)c1. The minimum atomic E-state index is -0.992. The summed E-state index contributed by atoms with van der Waals surface area (Å²) < 4.78 is 10.9. The first-order chi connectivity index (χ1) is 19.1. The number of rotatable bonds is 8. The molecule has 0 bridgehead atoms. The van der Waals surface area contributed by atoms with Gasteiger partial charge in [0.2, 0.25) is 0 Å². The zero-order chi connectivity index (χ0) is 29.0. The van der Waals surface area contributed by atoms with Crippen molar-refractivity contribution < 1.29 is 33.6 Å². The van der Waals surface area contributed by atoms with E-state index in [2.05, 4.69) is 10.6 Å². The Morgan fingerprint density at radius 2 is 1.80 bits per heavy atom. The summed E-state index contributed by atoms with van der Waals surface area (Å²) in [6.45, 7) is 1.50. The minimum Gasteiger partial charge on any atom is -0.493 e. The number of aryl methyl sites for hydroxylation is 1. The van der Waals surface area contributed by atoms with Gasteiger partial charge < -0.3 is 14.8 Å². The number of nitro groups is 1. The summed E-state index contributed by atoms with van der Waals surface area (Å²) in [6.07, 6.45) is 1.25. The second kappa shape index (κ2) is 11.7. The van der Waals surface area contributed by atoms with Crippen LogP contribution in [0.25, 0.3) is 6.08 Å². The van der Waals surface area contributed by atoms with Gasteiger partial charge in [-0.05, 0) is 60.5 Å². The van der Waals surface area contributed by atoms with Gasteiger partial charge in [-0.2, -0.15) is 0 Å². The van der Waals surface area contributed by atoms with Gasteiger partial charge in [-0.3, -0.25) is 29.8 Å². The van der Waals surface area contributed by atoms with Gasteiger partial charge >= 0.3 is 6.03 Å². The number of benzene rings is 3. The maximum absolute atomic E-state index is 13.1. The van der Waals surface area contributed by atoms with Gasteiger partial charge in [0, 0.05) is 22.8 Å². The lowest BCUT2D eigenvalue weighted by Crippen LogP contribution is -2.54. The summed E-state index contributed by atoms with van der Waals surface area (Å²) in [5, 5.41) is 16.2. The Bertz CT molecular complexity index is 1570. The van der Waals surface area contributed by atoms with E-state index in [0.717, 1.165) is 17.7 Å². The van der Waals surface area contributed by atoms with Crippen molar-refractivity contribution in [3.05, 3.63) is 92.5 Å². The minimum absolute atomic E-state index is 0.0408. The predicted molar refractivity (Wildman–Crippen MR) is 145 cm³/mol. The van der Waals surface area contributed by atoms with Gasteiger partial charge in [-0.25, -0.2) is 9.69 Å². The van der Waals surface area contributed by atoms with Crippen LogP contribution >= 0.6 is 11.6 Å². The molecule has 0 saturated carbocycles. The van der Waals surface area contributed by atoms with Crippen LogP contribution in [0.1, 0.15) is 11.1 Å². The van der Waals surface area contributed by atoms with Crippen LogP contribution in [0.3, 0.4) is 0 Å². The standard InChI is InChI=1S/C27H21ClN4O8/c1-15-3-5-17(13-21(15)28)29-24(33)14-40-22-10-4-16(12-23(22)39-2)11-20-25(34)30-27(36)31(26(20)35)18-6-8-19(9-7-18)32(37)38/h3-13H,14H2,1-2H3,(H,29,33)(H,30,34,36)/b20-11-. The summed E-state index contributed by atoms with van der Waals surface area (Å²) in [7, 11) is 1.38. The number of imide groups is 2. The molecular formula is C27H21ClN4O8. The van der Waals surface area contributed by atoms with Crippen LogP contribution in [0.15, 0.2) is 66.2 Å². The Morgan fingerprint density at radius 3 is 2.45 bits per heavy atom. The number of barbiturate groups is 1.